The molecule has 0 N–H and O–H groups in total. The van der Waals surface area contributed by atoms with Crippen LogP contribution in [0.4, 0.5) is 0 Å². The van der Waals surface area contributed by atoms with Crippen LogP contribution in [0.1, 0.15) is 11.1 Å². The molecule has 0 bridgehead atoms. The van der Waals surface area contributed by atoms with E-state index in [0.717, 1.165) is 11.2 Å². The van der Waals surface area contributed by atoms with Crippen molar-refractivity contribution in [1.29, 1.82) is 0 Å². The van der Waals surface area contributed by atoms with Crippen molar-refractivity contribution in [2.75, 3.05) is 0 Å². The molecule has 0 fully saturated rings. The van der Waals surface area contributed by atoms with Gasteiger partial charge in [-0.1, -0.05) is 42.5 Å². The van der Waals surface area contributed by atoms with E-state index in [1.807, 2.05) is 12.1 Å². The molecule has 102 valence electrons. The third-order valence-electron chi connectivity index (χ3n) is 4.16. The molecule has 1 heteroatoms. The van der Waals surface area contributed by atoms with Gasteiger partial charge < -0.3 is 4.42 Å². The van der Waals surface area contributed by atoms with Crippen LogP contribution in [0.25, 0.3) is 33.1 Å². The summed E-state index contributed by atoms with van der Waals surface area (Å²) in [6, 6.07) is 21.2. The van der Waals surface area contributed by atoms with Gasteiger partial charge in [-0.15, -0.1) is 0 Å². The Morgan fingerprint density at radius 3 is 2.24 bits per heavy atom. The quantitative estimate of drug-likeness (QED) is 0.422. The molecular formula is C20H16O. The fourth-order valence-electron chi connectivity index (χ4n) is 3.04. The van der Waals surface area contributed by atoms with Crippen LogP contribution < -0.4 is 0 Å². The molecule has 0 amide bonds. The summed E-state index contributed by atoms with van der Waals surface area (Å²) in [7, 11) is 0. The number of benzene rings is 3. The van der Waals surface area contributed by atoms with E-state index in [1.165, 1.54) is 33.0 Å². The molecule has 0 atom stereocenters. The van der Waals surface area contributed by atoms with Crippen molar-refractivity contribution in [2.45, 2.75) is 13.8 Å². The number of para-hydroxylation sites is 1. The Labute approximate surface area is 123 Å². The second kappa shape index (κ2) is 4.49. The second-order valence-corrected chi connectivity index (χ2v) is 5.58. The Kier molecular flexibility index (Phi) is 2.61. The van der Waals surface area contributed by atoms with Crippen molar-refractivity contribution in [1.82, 2.24) is 0 Å². The van der Waals surface area contributed by atoms with E-state index in [4.69, 9.17) is 4.42 Å². The summed E-state index contributed by atoms with van der Waals surface area (Å²) < 4.78 is 5.95. The van der Waals surface area contributed by atoms with Crippen molar-refractivity contribution >= 4 is 21.9 Å². The van der Waals surface area contributed by atoms with Crippen molar-refractivity contribution in [3.63, 3.8) is 0 Å². The average molecular weight is 272 g/mol. The highest BCUT2D eigenvalue weighted by atomic mass is 16.3. The third-order valence-corrected chi connectivity index (χ3v) is 4.16. The topological polar surface area (TPSA) is 13.1 Å². The first-order chi connectivity index (χ1) is 10.2. The van der Waals surface area contributed by atoms with Crippen LogP contribution >= 0.6 is 0 Å². The zero-order valence-electron chi connectivity index (χ0n) is 12.2. The van der Waals surface area contributed by atoms with Crippen molar-refractivity contribution in [2.24, 2.45) is 0 Å². The van der Waals surface area contributed by atoms with Gasteiger partial charge in [0.05, 0.1) is 0 Å². The number of hydrogen-bond donors (Lipinski definition) is 0. The molecule has 4 aromatic rings. The maximum absolute atomic E-state index is 5.95. The first-order valence-corrected chi connectivity index (χ1v) is 7.22. The molecule has 0 radical (unpaired) electrons. The normalized spacial score (nSPS) is 11.3. The molecule has 1 heterocycles. The molecule has 3 aromatic carbocycles. The lowest BCUT2D eigenvalue weighted by atomic mass is 9.95. The van der Waals surface area contributed by atoms with Gasteiger partial charge in [-0.25, -0.2) is 0 Å². The molecule has 0 aliphatic carbocycles. The van der Waals surface area contributed by atoms with E-state index in [1.54, 1.807) is 0 Å². The summed E-state index contributed by atoms with van der Waals surface area (Å²) >= 11 is 0. The van der Waals surface area contributed by atoms with E-state index < -0.39 is 0 Å². The summed E-state index contributed by atoms with van der Waals surface area (Å²) in [5.41, 5.74) is 7.04. The molecular weight excluding hydrogens is 256 g/mol. The maximum Gasteiger partial charge on any atom is 0.135 e. The van der Waals surface area contributed by atoms with E-state index in [9.17, 15) is 0 Å². The number of aryl methyl sites for hydroxylation is 2. The highest BCUT2D eigenvalue weighted by Crippen LogP contribution is 2.35. The SMILES string of the molecule is Cc1ccccc1-c1cc2c(cc1C)oc1ccccc12. The zero-order chi connectivity index (χ0) is 14.4. The van der Waals surface area contributed by atoms with Crippen LogP contribution in [0, 0.1) is 13.8 Å². The molecule has 0 saturated heterocycles. The summed E-state index contributed by atoms with van der Waals surface area (Å²) in [6.07, 6.45) is 0. The second-order valence-electron chi connectivity index (χ2n) is 5.58. The summed E-state index contributed by atoms with van der Waals surface area (Å²) in [5.74, 6) is 0. The van der Waals surface area contributed by atoms with E-state index in [2.05, 4.69) is 62.4 Å². The summed E-state index contributed by atoms with van der Waals surface area (Å²) in [6.45, 7) is 4.31. The standard InChI is InChI=1S/C20H16O/c1-13-7-3-4-8-15(13)17-12-18-16-9-5-6-10-19(16)21-20(18)11-14(17)2/h3-12H,1-2H3. The molecule has 0 aliphatic heterocycles. The van der Waals surface area contributed by atoms with Gasteiger partial charge in [-0.3, -0.25) is 0 Å². The fraction of sp³-hybridized carbons (Fsp3) is 0.100. The largest absolute Gasteiger partial charge is 0.456 e. The van der Waals surface area contributed by atoms with Gasteiger partial charge in [-0.05, 0) is 54.3 Å². The predicted octanol–water partition coefficient (Wildman–Crippen LogP) is 5.87. The zero-order valence-corrected chi connectivity index (χ0v) is 12.2. The van der Waals surface area contributed by atoms with Gasteiger partial charge in [0, 0.05) is 10.8 Å². The first-order valence-electron chi connectivity index (χ1n) is 7.22. The van der Waals surface area contributed by atoms with Crippen LogP contribution in [-0.4, -0.2) is 0 Å². The van der Waals surface area contributed by atoms with Crippen LogP contribution in [0.15, 0.2) is 65.1 Å². The van der Waals surface area contributed by atoms with Gasteiger partial charge in [0.15, 0.2) is 0 Å². The summed E-state index contributed by atoms with van der Waals surface area (Å²) in [5, 5.41) is 2.37. The number of fused-ring (bicyclic) bond motifs is 3. The minimum atomic E-state index is 0.953. The number of hydrogen-bond acceptors (Lipinski definition) is 1. The number of furan rings is 1. The lowest BCUT2D eigenvalue weighted by Gasteiger charge is -2.09. The first kappa shape index (κ1) is 12.2. The van der Waals surface area contributed by atoms with Crippen molar-refractivity contribution in [3.8, 4) is 11.1 Å². The van der Waals surface area contributed by atoms with E-state index in [-0.39, 0.29) is 0 Å². The molecule has 0 aliphatic rings. The predicted molar refractivity (Wildman–Crippen MR) is 88.6 cm³/mol. The van der Waals surface area contributed by atoms with Gasteiger partial charge in [-0.2, -0.15) is 0 Å². The van der Waals surface area contributed by atoms with Crippen LogP contribution in [0.2, 0.25) is 0 Å². The third kappa shape index (κ3) is 1.85. The minimum Gasteiger partial charge on any atom is -0.456 e. The van der Waals surface area contributed by atoms with Gasteiger partial charge in [0.2, 0.25) is 0 Å². The van der Waals surface area contributed by atoms with Crippen molar-refractivity contribution in [3.05, 3.63) is 71.8 Å². The summed E-state index contributed by atoms with van der Waals surface area (Å²) in [4.78, 5) is 0. The Morgan fingerprint density at radius 2 is 1.38 bits per heavy atom. The molecule has 0 saturated carbocycles. The average Bonchev–Trinajstić information content (AvgIpc) is 2.84. The molecule has 21 heavy (non-hydrogen) atoms. The van der Waals surface area contributed by atoms with Crippen LogP contribution in [0.3, 0.4) is 0 Å². The Balaban J connectivity index is 2.08. The Hall–Kier alpha value is -2.54. The minimum absolute atomic E-state index is 0.953. The monoisotopic (exact) mass is 272 g/mol. The highest BCUT2D eigenvalue weighted by molar-refractivity contribution is 6.06. The van der Waals surface area contributed by atoms with E-state index in [0.29, 0.717) is 0 Å². The lowest BCUT2D eigenvalue weighted by molar-refractivity contribution is 0.668. The van der Waals surface area contributed by atoms with Crippen molar-refractivity contribution < 1.29 is 4.42 Å². The smallest absolute Gasteiger partial charge is 0.135 e. The van der Waals surface area contributed by atoms with Crippen LogP contribution in [0.5, 0.6) is 0 Å². The molecule has 0 spiro atoms. The molecule has 0 unspecified atom stereocenters. The molecule has 1 aromatic heterocycles. The fourth-order valence-corrected chi connectivity index (χ4v) is 3.04. The Bertz CT molecular complexity index is 960. The van der Waals surface area contributed by atoms with E-state index >= 15 is 0 Å². The van der Waals surface area contributed by atoms with Gasteiger partial charge in [0.25, 0.3) is 0 Å². The highest BCUT2D eigenvalue weighted by Gasteiger charge is 2.11. The number of rotatable bonds is 1. The maximum atomic E-state index is 5.95. The lowest BCUT2D eigenvalue weighted by Crippen LogP contribution is -1.86. The van der Waals surface area contributed by atoms with Gasteiger partial charge in [0.1, 0.15) is 11.2 Å². The Morgan fingerprint density at radius 1 is 0.619 bits per heavy atom. The molecule has 4 rings (SSSR count). The van der Waals surface area contributed by atoms with Gasteiger partial charge >= 0.3 is 0 Å². The van der Waals surface area contributed by atoms with Crippen LogP contribution in [-0.2, 0) is 0 Å². The molecule has 1 nitrogen and oxygen atoms in total.